The second-order valence-electron chi connectivity index (χ2n) is 8.83. The summed E-state index contributed by atoms with van der Waals surface area (Å²) < 4.78 is 6.01. The van der Waals surface area contributed by atoms with Gasteiger partial charge in [0.2, 0.25) is 5.91 Å². The Morgan fingerprint density at radius 1 is 1.03 bits per heavy atom. The van der Waals surface area contributed by atoms with Gasteiger partial charge in [-0.15, -0.1) is 0 Å². The number of carbonyl (C=O) groups excluding carboxylic acids is 3. The molecule has 0 bridgehead atoms. The van der Waals surface area contributed by atoms with Crippen molar-refractivity contribution in [1.82, 2.24) is 4.90 Å². The van der Waals surface area contributed by atoms with Crippen molar-refractivity contribution in [1.29, 1.82) is 0 Å². The third-order valence-corrected chi connectivity index (χ3v) is 7.34. The Kier molecular flexibility index (Phi) is 8.39. The number of likely N-dealkylation sites (N-methyl/N-ethyl adjacent to an activating group) is 1. The van der Waals surface area contributed by atoms with Crippen LogP contribution in [-0.4, -0.2) is 67.2 Å². The summed E-state index contributed by atoms with van der Waals surface area (Å²) in [6.45, 7) is -0.324. The molecule has 0 atom stereocenters. The molecule has 0 saturated heterocycles. The van der Waals surface area contributed by atoms with Gasteiger partial charge in [0.25, 0.3) is 11.8 Å². The largest absolute Gasteiger partial charge is 0.489 e. The molecule has 4 radical (unpaired) electrons. The first kappa shape index (κ1) is 28.0. The number of fused-ring (bicyclic) bond motifs is 2. The van der Waals surface area contributed by atoms with Crippen molar-refractivity contribution in [3.05, 3.63) is 99.2 Å². The monoisotopic (exact) mass is 655 g/mol. The van der Waals surface area contributed by atoms with Crippen molar-refractivity contribution in [2.45, 2.75) is 13.0 Å². The molecule has 0 aliphatic carbocycles. The van der Waals surface area contributed by atoms with Crippen LogP contribution >= 0.6 is 23.2 Å². The average Bonchev–Trinajstić information content (AvgIpc) is 3.13. The molecule has 0 spiro atoms. The van der Waals surface area contributed by atoms with Gasteiger partial charge in [-0.05, 0) is 42.3 Å². The zero-order valence-corrected chi connectivity index (χ0v) is 25.1. The number of nitrogens with zero attached hydrogens (tertiary/aromatic N) is 3. The Labute approximate surface area is 247 Å². The van der Waals surface area contributed by atoms with Crippen molar-refractivity contribution >= 4 is 76.2 Å². The molecule has 2 aliphatic rings. The Morgan fingerprint density at radius 3 is 2.39 bits per heavy atom. The van der Waals surface area contributed by atoms with E-state index in [4.69, 9.17) is 27.9 Å². The molecule has 7 nitrogen and oxygen atoms in total. The van der Waals surface area contributed by atoms with Gasteiger partial charge in [0.15, 0.2) is 0 Å². The maximum atomic E-state index is 13.1. The quantitative estimate of drug-likeness (QED) is 0.278. The Bertz CT molecular complexity index is 1440. The molecular weight excluding hydrogens is 632 g/mol. The van der Waals surface area contributed by atoms with Gasteiger partial charge in [-0.3, -0.25) is 19.3 Å². The molecule has 3 aromatic rings. The second kappa shape index (κ2) is 11.4. The van der Waals surface area contributed by atoms with Gasteiger partial charge >= 0.3 is 0 Å². The molecule has 0 saturated carbocycles. The van der Waals surface area contributed by atoms with E-state index in [2.05, 4.69) is 6.08 Å². The molecule has 3 aromatic carbocycles. The van der Waals surface area contributed by atoms with Gasteiger partial charge in [0.05, 0.1) is 21.8 Å². The van der Waals surface area contributed by atoms with Crippen molar-refractivity contribution in [3.63, 3.8) is 0 Å². The number of ether oxygens (including phenoxy) is 1. The minimum atomic E-state index is -0.496. The molecule has 0 fully saturated rings. The Morgan fingerprint density at radius 2 is 1.71 bits per heavy atom. The summed E-state index contributed by atoms with van der Waals surface area (Å²) in [4.78, 5) is 42.7. The zero-order chi connectivity index (χ0) is 26.3. The Hall–Kier alpha value is -3.01. The number of carbonyl (C=O) groups is 3. The van der Waals surface area contributed by atoms with Crippen molar-refractivity contribution in [3.8, 4) is 5.75 Å². The number of amides is 3. The summed E-state index contributed by atoms with van der Waals surface area (Å²) in [5.74, 6) is -0.806. The minimum Gasteiger partial charge on any atom is -0.489 e. The molecule has 38 heavy (non-hydrogen) atoms. The summed E-state index contributed by atoms with van der Waals surface area (Å²) in [6.07, 6.45) is 4.97. The molecule has 0 unspecified atom stereocenters. The maximum Gasteiger partial charge on any atom is 0.262 e. The summed E-state index contributed by atoms with van der Waals surface area (Å²) >= 11 is 13.1. The van der Waals surface area contributed by atoms with Crippen LogP contribution in [0.15, 0.2) is 66.9 Å². The fraction of sp³-hybridized carbons (Fsp3) is 0.179. The zero-order valence-electron chi connectivity index (χ0n) is 20.7. The summed E-state index contributed by atoms with van der Waals surface area (Å²) in [5.41, 5.74) is 3.75. The molecule has 192 valence electrons. The van der Waals surface area contributed by atoms with E-state index in [0.717, 1.165) is 17.0 Å². The summed E-state index contributed by atoms with van der Waals surface area (Å²) in [6, 6.07) is 15.6. The molecule has 0 N–H and O–H groups in total. The van der Waals surface area contributed by atoms with Crippen molar-refractivity contribution in [2.24, 2.45) is 0 Å². The first-order chi connectivity index (χ1) is 17.8. The van der Waals surface area contributed by atoms with Gasteiger partial charge < -0.3 is 14.5 Å². The van der Waals surface area contributed by atoms with Crippen molar-refractivity contribution in [2.75, 3.05) is 30.4 Å². The molecule has 2 heterocycles. The van der Waals surface area contributed by atoms with E-state index in [-0.39, 0.29) is 46.7 Å². The third-order valence-electron chi connectivity index (χ3n) is 6.56. The first-order valence-corrected chi connectivity index (χ1v) is 12.4. The number of benzene rings is 3. The van der Waals surface area contributed by atoms with E-state index in [1.165, 1.54) is 17.5 Å². The molecule has 2 aliphatic heterocycles. The van der Waals surface area contributed by atoms with Gasteiger partial charge in [0, 0.05) is 66.5 Å². The van der Waals surface area contributed by atoms with E-state index >= 15 is 0 Å². The van der Waals surface area contributed by atoms with Crippen LogP contribution in [0, 0.1) is 0 Å². The van der Waals surface area contributed by atoms with Crippen LogP contribution in [0.5, 0.6) is 5.75 Å². The second-order valence-corrected chi connectivity index (χ2v) is 9.62. The van der Waals surface area contributed by atoms with Crippen LogP contribution in [0.4, 0.5) is 11.4 Å². The van der Waals surface area contributed by atoms with Crippen LogP contribution in [0.25, 0.3) is 0 Å². The Balaban J connectivity index is 0.00000336. The van der Waals surface area contributed by atoms with Crippen LogP contribution in [0.2, 0.25) is 10.0 Å². The fourth-order valence-electron chi connectivity index (χ4n) is 4.44. The molecule has 0 aromatic heterocycles. The fourth-order valence-corrected chi connectivity index (χ4v) is 5.05. The van der Waals surface area contributed by atoms with E-state index in [9.17, 15) is 14.4 Å². The SMILES string of the molecule is CN1C=CCc2ccc(OCc3c(Cl)ccc(N(C)C(=O)CN4C(=O)c5ccccc5C4=O)c3Cl)cc21.[Sn]. The minimum absolute atomic E-state index is 0. The number of imide groups is 1. The average molecular weight is 655 g/mol. The van der Waals surface area contributed by atoms with Crippen LogP contribution in [-0.2, 0) is 17.8 Å². The number of allylic oxidation sites excluding steroid dienone is 1. The van der Waals surface area contributed by atoms with Crippen molar-refractivity contribution < 1.29 is 19.1 Å². The number of halogens is 2. The van der Waals surface area contributed by atoms with Crippen LogP contribution in [0.3, 0.4) is 0 Å². The predicted molar refractivity (Wildman–Crippen MR) is 149 cm³/mol. The molecule has 5 rings (SSSR count). The summed E-state index contributed by atoms with van der Waals surface area (Å²) in [7, 11) is 3.51. The maximum absolute atomic E-state index is 13.1. The van der Waals surface area contributed by atoms with Gasteiger partial charge in [-0.1, -0.05) is 47.5 Å². The van der Waals surface area contributed by atoms with Crippen LogP contribution < -0.4 is 14.5 Å². The smallest absolute Gasteiger partial charge is 0.262 e. The number of anilines is 2. The van der Waals surface area contributed by atoms with Gasteiger partial charge in [0.1, 0.15) is 18.9 Å². The van der Waals surface area contributed by atoms with Gasteiger partial charge in [-0.2, -0.15) is 0 Å². The molecule has 10 heteroatoms. The van der Waals surface area contributed by atoms with E-state index < -0.39 is 24.3 Å². The normalized spacial score (nSPS) is 13.7. The molecular formula is C28H23Cl2N3O4Sn. The topological polar surface area (TPSA) is 70.2 Å². The predicted octanol–water partition coefficient (Wildman–Crippen LogP) is 4.96. The number of rotatable bonds is 6. The summed E-state index contributed by atoms with van der Waals surface area (Å²) in [5, 5.41) is 0.650. The van der Waals surface area contributed by atoms with E-state index in [1.807, 2.05) is 36.3 Å². The van der Waals surface area contributed by atoms with Crippen LogP contribution in [0.1, 0.15) is 31.8 Å². The standard InChI is InChI=1S/C28H23Cl2N3O4.Sn/c1-31-13-5-6-17-9-10-18(14-24(17)31)37-16-21-22(29)11-12-23(26(21)30)32(2)25(34)15-33-27(35)19-7-3-4-8-20(19)28(33)36;/h3-5,7-14H,6,15-16H2,1-2H3;. The first-order valence-electron chi connectivity index (χ1n) is 11.6. The molecule has 3 amide bonds. The third kappa shape index (κ3) is 5.15. The number of hydrogen-bond acceptors (Lipinski definition) is 5. The van der Waals surface area contributed by atoms with E-state index in [1.54, 1.807) is 36.4 Å². The van der Waals surface area contributed by atoms with Gasteiger partial charge in [-0.25, -0.2) is 0 Å². The van der Waals surface area contributed by atoms with E-state index in [0.29, 0.717) is 22.0 Å². The number of hydrogen-bond donors (Lipinski definition) is 0.